The summed E-state index contributed by atoms with van der Waals surface area (Å²) < 4.78 is 7.21. The Kier molecular flexibility index (Phi) is 4.90. The summed E-state index contributed by atoms with van der Waals surface area (Å²) in [6.07, 6.45) is 0. The summed E-state index contributed by atoms with van der Waals surface area (Å²) in [5, 5.41) is 17.5. The predicted octanol–water partition coefficient (Wildman–Crippen LogP) is 2.87. The number of nitrogens with zero attached hydrogens (tertiary/aromatic N) is 3. The number of ether oxygens (including phenoxy) is 1. The highest BCUT2D eigenvalue weighted by atomic mass is 79.9. The van der Waals surface area contributed by atoms with E-state index in [9.17, 15) is 4.79 Å². The minimum Gasteiger partial charge on any atom is -0.497 e. The molecule has 1 aromatic carbocycles. The van der Waals surface area contributed by atoms with Crippen LogP contribution in [0.2, 0.25) is 5.02 Å². The number of thioether (sulfide) groups is 1. The van der Waals surface area contributed by atoms with E-state index < -0.39 is 5.97 Å². The molecule has 2 rings (SSSR count). The molecule has 0 saturated carbocycles. The number of hydrogen-bond acceptors (Lipinski definition) is 5. The van der Waals surface area contributed by atoms with Crippen molar-refractivity contribution in [3.8, 4) is 11.4 Å². The Morgan fingerprint density at radius 3 is 2.95 bits per heavy atom. The number of carboxylic acids is 1. The van der Waals surface area contributed by atoms with Gasteiger partial charge in [0, 0.05) is 6.07 Å². The van der Waals surface area contributed by atoms with E-state index in [1.807, 2.05) is 0 Å². The molecule has 0 unspecified atom stereocenters. The summed E-state index contributed by atoms with van der Waals surface area (Å²) in [5.41, 5.74) is 0.607. The fourth-order valence-corrected chi connectivity index (χ4v) is 2.89. The Balaban J connectivity index is 2.46. The number of halogens is 2. The fraction of sp³-hybridized carbons (Fsp3) is 0.182. The second-order valence-corrected chi connectivity index (χ2v) is 5.65. The lowest BCUT2D eigenvalue weighted by Crippen LogP contribution is -2.03. The maximum Gasteiger partial charge on any atom is 0.313 e. The van der Waals surface area contributed by atoms with Gasteiger partial charge in [-0.05, 0) is 28.1 Å². The number of aromatic nitrogens is 3. The largest absolute Gasteiger partial charge is 0.497 e. The number of methoxy groups -OCH3 is 1. The predicted molar refractivity (Wildman–Crippen MR) is 79.0 cm³/mol. The molecule has 6 nitrogen and oxygen atoms in total. The smallest absolute Gasteiger partial charge is 0.313 e. The third-order valence-corrected chi connectivity index (χ3v) is 4.06. The van der Waals surface area contributed by atoms with Gasteiger partial charge in [-0.25, -0.2) is 0 Å². The van der Waals surface area contributed by atoms with Crippen LogP contribution in [0.15, 0.2) is 28.1 Å². The lowest BCUT2D eigenvalue weighted by atomic mass is 10.3. The molecule has 0 spiro atoms. The average molecular weight is 379 g/mol. The van der Waals surface area contributed by atoms with Crippen molar-refractivity contribution in [2.45, 2.75) is 5.16 Å². The fourth-order valence-electron chi connectivity index (χ4n) is 1.47. The van der Waals surface area contributed by atoms with Crippen LogP contribution in [0.5, 0.6) is 5.75 Å². The lowest BCUT2D eigenvalue weighted by Gasteiger charge is -2.10. The van der Waals surface area contributed by atoms with Gasteiger partial charge in [-0.2, -0.15) is 0 Å². The molecule has 0 aliphatic carbocycles. The molecular formula is C11H9BrClN3O3S. The number of hydrogen-bond donors (Lipinski definition) is 1. The van der Waals surface area contributed by atoms with Crippen molar-refractivity contribution < 1.29 is 14.6 Å². The Morgan fingerprint density at radius 1 is 1.55 bits per heavy atom. The summed E-state index contributed by atoms with van der Waals surface area (Å²) in [6.45, 7) is 0. The summed E-state index contributed by atoms with van der Waals surface area (Å²) in [6, 6.07) is 5.14. The van der Waals surface area contributed by atoms with E-state index in [-0.39, 0.29) is 5.75 Å². The second-order valence-electron chi connectivity index (χ2n) is 3.59. The van der Waals surface area contributed by atoms with Gasteiger partial charge in [0.25, 0.3) is 0 Å². The SMILES string of the molecule is COc1ccc(Cl)c(-n2c(Br)nnc2SCC(=O)O)c1. The van der Waals surface area contributed by atoms with Crippen molar-refractivity contribution in [3.63, 3.8) is 0 Å². The van der Waals surface area contributed by atoms with Crippen molar-refractivity contribution in [1.82, 2.24) is 14.8 Å². The Labute approximate surface area is 132 Å². The average Bonchev–Trinajstić information content (AvgIpc) is 2.78. The Bertz CT molecular complexity index is 650. The molecule has 0 atom stereocenters. The highest BCUT2D eigenvalue weighted by Crippen LogP contribution is 2.31. The Morgan fingerprint density at radius 2 is 2.30 bits per heavy atom. The van der Waals surface area contributed by atoms with Crippen LogP contribution in [0.4, 0.5) is 0 Å². The van der Waals surface area contributed by atoms with Gasteiger partial charge < -0.3 is 9.84 Å². The zero-order chi connectivity index (χ0) is 14.7. The molecule has 0 bridgehead atoms. The van der Waals surface area contributed by atoms with E-state index in [2.05, 4.69) is 26.1 Å². The molecule has 0 saturated heterocycles. The van der Waals surface area contributed by atoms with Crippen molar-refractivity contribution in [2.24, 2.45) is 0 Å². The van der Waals surface area contributed by atoms with Crippen LogP contribution in [-0.4, -0.2) is 38.7 Å². The highest BCUT2D eigenvalue weighted by molar-refractivity contribution is 9.10. The number of carboxylic acid groups (broad SMARTS) is 1. The van der Waals surface area contributed by atoms with Crippen LogP contribution in [0.1, 0.15) is 0 Å². The number of carbonyl (C=O) groups is 1. The molecule has 0 amide bonds. The molecule has 0 radical (unpaired) electrons. The first kappa shape index (κ1) is 15.1. The van der Waals surface area contributed by atoms with Crippen molar-refractivity contribution >= 4 is 45.3 Å². The summed E-state index contributed by atoms with van der Waals surface area (Å²) in [7, 11) is 1.55. The van der Waals surface area contributed by atoms with Gasteiger partial charge in [-0.15, -0.1) is 10.2 Å². The minimum absolute atomic E-state index is 0.118. The van der Waals surface area contributed by atoms with E-state index in [0.717, 1.165) is 11.8 Å². The van der Waals surface area contributed by atoms with E-state index in [4.69, 9.17) is 21.4 Å². The third kappa shape index (κ3) is 3.25. The maximum absolute atomic E-state index is 10.7. The molecule has 1 N–H and O–H groups in total. The highest BCUT2D eigenvalue weighted by Gasteiger charge is 2.16. The number of benzene rings is 1. The first-order valence-corrected chi connectivity index (χ1v) is 7.48. The molecule has 106 valence electrons. The molecule has 2 aromatic rings. The summed E-state index contributed by atoms with van der Waals surface area (Å²) >= 11 is 10.5. The topological polar surface area (TPSA) is 77.2 Å². The van der Waals surface area contributed by atoms with Crippen LogP contribution in [0, 0.1) is 0 Å². The minimum atomic E-state index is -0.933. The van der Waals surface area contributed by atoms with Crippen molar-refractivity contribution in [3.05, 3.63) is 28.0 Å². The molecule has 1 aromatic heterocycles. The molecule has 9 heteroatoms. The van der Waals surface area contributed by atoms with Crippen molar-refractivity contribution in [2.75, 3.05) is 12.9 Å². The van der Waals surface area contributed by atoms with Gasteiger partial charge in [0.1, 0.15) is 5.75 Å². The molecule has 20 heavy (non-hydrogen) atoms. The second kappa shape index (κ2) is 6.47. The number of rotatable bonds is 5. The summed E-state index contributed by atoms with van der Waals surface area (Å²) in [4.78, 5) is 10.7. The van der Waals surface area contributed by atoms with Crippen LogP contribution < -0.4 is 4.74 Å². The molecule has 0 aliphatic rings. The third-order valence-electron chi connectivity index (χ3n) is 2.31. The van der Waals surface area contributed by atoms with Gasteiger partial charge in [0.05, 0.1) is 23.6 Å². The Hall–Kier alpha value is -1.25. The van der Waals surface area contributed by atoms with Crippen LogP contribution in [0.3, 0.4) is 0 Å². The van der Waals surface area contributed by atoms with Crippen LogP contribution >= 0.6 is 39.3 Å². The van der Waals surface area contributed by atoms with E-state index >= 15 is 0 Å². The molecule has 1 heterocycles. The van der Waals surface area contributed by atoms with E-state index in [0.29, 0.717) is 26.3 Å². The van der Waals surface area contributed by atoms with Gasteiger partial charge in [0.15, 0.2) is 5.16 Å². The van der Waals surface area contributed by atoms with Crippen LogP contribution in [-0.2, 0) is 4.79 Å². The molecular weight excluding hydrogens is 370 g/mol. The van der Waals surface area contributed by atoms with Crippen LogP contribution in [0.25, 0.3) is 5.69 Å². The first-order chi connectivity index (χ1) is 9.52. The first-order valence-electron chi connectivity index (χ1n) is 5.32. The monoisotopic (exact) mass is 377 g/mol. The van der Waals surface area contributed by atoms with E-state index in [1.165, 1.54) is 0 Å². The standard InChI is InChI=1S/C11H9BrClN3O3S/c1-19-6-2-3-7(13)8(4-6)16-10(12)14-15-11(16)20-5-9(17)18/h2-4H,5H2,1H3,(H,17,18). The lowest BCUT2D eigenvalue weighted by molar-refractivity contribution is -0.133. The van der Waals surface area contributed by atoms with Crippen molar-refractivity contribution in [1.29, 1.82) is 0 Å². The van der Waals surface area contributed by atoms with Gasteiger partial charge in [-0.3, -0.25) is 9.36 Å². The quantitative estimate of drug-likeness (QED) is 0.806. The zero-order valence-corrected chi connectivity index (χ0v) is 13.4. The van der Waals surface area contributed by atoms with Gasteiger partial charge in [-0.1, -0.05) is 23.4 Å². The van der Waals surface area contributed by atoms with Gasteiger partial charge in [0.2, 0.25) is 4.73 Å². The maximum atomic E-state index is 10.7. The normalized spacial score (nSPS) is 10.6. The van der Waals surface area contributed by atoms with E-state index in [1.54, 1.807) is 29.9 Å². The molecule has 0 fully saturated rings. The zero-order valence-electron chi connectivity index (χ0n) is 10.2. The summed E-state index contributed by atoms with van der Waals surface area (Å²) in [5.74, 6) is -0.427. The number of aliphatic carboxylic acids is 1. The van der Waals surface area contributed by atoms with Gasteiger partial charge >= 0.3 is 5.97 Å². The molecule has 0 aliphatic heterocycles.